The molecule has 0 amide bonds. The van der Waals surface area contributed by atoms with Crippen LogP contribution in [0.1, 0.15) is 38.5 Å². The maximum atomic E-state index is 6.83. The normalized spacial score (nSPS) is 59.4. The Kier molecular flexibility index (Phi) is 2.00. The Labute approximate surface area is 97.9 Å². The number of rotatable bonds is 1. The first-order valence-corrected chi connectivity index (χ1v) is 7.15. The zero-order valence-corrected chi connectivity index (χ0v) is 10.0. The van der Waals surface area contributed by atoms with Crippen molar-refractivity contribution in [2.24, 2.45) is 35.3 Å². The van der Waals surface area contributed by atoms with Crippen molar-refractivity contribution in [3.05, 3.63) is 0 Å². The summed E-state index contributed by atoms with van der Waals surface area (Å²) in [6.07, 6.45) is 8.42. The highest BCUT2D eigenvalue weighted by molar-refractivity contribution is 5.14. The van der Waals surface area contributed by atoms with Crippen molar-refractivity contribution in [2.45, 2.75) is 44.1 Å². The first-order valence-electron chi connectivity index (χ1n) is 7.15. The molecule has 0 aromatic carbocycles. The topological polar surface area (TPSA) is 35.2 Å². The predicted molar refractivity (Wildman–Crippen MR) is 62.9 cm³/mol. The van der Waals surface area contributed by atoms with Crippen LogP contribution in [0.3, 0.4) is 0 Å². The monoisotopic (exact) mass is 221 g/mol. The quantitative estimate of drug-likeness (QED) is 0.736. The van der Waals surface area contributed by atoms with Gasteiger partial charge in [-0.3, -0.25) is 0 Å². The molecule has 0 spiro atoms. The molecule has 2 heteroatoms. The van der Waals surface area contributed by atoms with Crippen LogP contribution >= 0.6 is 0 Å². The molecule has 4 rings (SSSR count). The summed E-state index contributed by atoms with van der Waals surface area (Å²) in [5, 5.41) is 0. The van der Waals surface area contributed by atoms with E-state index in [1.165, 1.54) is 38.5 Å². The van der Waals surface area contributed by atoms with E-state index in [1.807, 2.05) is 0 Å². The van der Waals surface area contributed by atoms with E-state index in [0.717, 1.165) is 36.9 Å². The molecule has 90 valence electrons. The van der Waals surface area contributed by atoms with E-state index in [4.69, 9.17) is 10.5 Å². The van der Waals surface area contributed by atoms with Gasteiger partial charge in [-0.2, -0.15) is 0 Å². The van der Waals surface area contributed by atoms with Crippen molar-refractivity contribution >= 4 is 0 Å². The van der Waals surface area contributed by atoms with Crippen LogP contribution in [0, 0.1) is 29.6 Å². The van der Waals surface area contributed by atoms with Gasteiger partial charge in [0.2, 0.25) is 0 Å². The summed E-state index contributed by atoms with van der Waals surface area (Å²) >= 11 is 0. The Balaban J connectivity index is 1.62. The van der Waals surface area contributed by atoms with Gasteiger partial charge in [-0.25, -0.2) is 0 Å². The Morgan fingerprint density at radius 2 is 2.00 bits per heavy atom. The van der Waals surface area contributed by atoms with Crippen LogP contribution in [0.25, 0.3) is 0 Å². The summed E-state index contributed by atoms with van der Waals surface area (Å²) in [5.74, 6) is 4.54. The van der Waals surface area contributed by atoms with Crippen LogP contribution in [0.4, 0.5) is 0 Å². The van der Waals surface area contributed by atoms with Gasteiger partial charge < -0.3 is 10.5 Å². The van der Waals surface area contributed by atoms with Gasteiger partial charge in [-0.15, -0.1) is 0 Å². The third kappa shape index (κ3) is 1.10. The lowest BCUT2D eigenvalue weighted by Crippen LogP contribution is -2.55. The molecular weight excluding hydrogens is 198 g/mol. The third-order valence-electron chi connectivity index (χ3n) is 6.30. The van der Waals surface area contributed by atoms with Crippen LogP contribution in [0.15, 0.2) is 0 Å². The van der Waals surface area contributed by atoms with E-state index in [2.05, 4.69) is 0 Å². The number of ether oxygens (including phenoxy) is 1. The molecule has 3 aliphatic carbocycles. The SMILES string of the molecule is NC1(C2CCOC2)CC2CC1C1CCCC21. The molecule has 0 aromatic heterocycles. The molecular formula is C14H23NO. The Hall–Kier alpha value is -0.0800. The van der Waals surface area contributed by atoms with Gasteiger partial charge in [-0.05, 0) is 55.8 Å². The molecule has 6 unspecified atom stereocenters. The van der Waals surface area contributed by atoms with Gasteiger partial charge in [-0.1, -0.05) is 6.42 Å². The summed E-state index contributed by atoms with van der Waals surface area (Å²) < 4.78 is 5.57. The summed E-state index contributed by atoms with van der Waals surface area (Å²) in [7, 11) is 0. The molecule has 2 bridgehead atoms. The molecule has 0 radical (unpaired) electrons. The lowest BCUT2D eigenvalue weighted by atomic mass is 9.65. The highest BCUT2D eigenvalue weighted by Gasteiger charge is 2.61. The van der Waals surface area contributed by atoms with Crippen LogP contribution in [-0.4, -0.2) is 18.8 Å². The molecule has 1 aliphatic heterocycles. The highest BCUT2D eigenvalue weighted by atomic mass is 16.5. The van der Waals surface area contributed by atoms with Gasteiger partial charge in [0.05, 0.1) is 6.61 Å². The lowest BCUT2D eigenvalue weighted by Gasteiger charge is -2.43. The van der Waals surface area contributed by atoms with Crippen molar-refractivity contribution in [3.63, 3.8) is 0 Å². The van der Waals surface area contributed by atoms with Crippen LogP contribution in [0.2, 0.25) is 0 Å². The fourth-order valence-electron chi connectivity index (χ4n) is 5.66. The minimum Gasteiger partial charge on any atom is -0.381 e. The fourth-order valence-corrected chi connectivity index (χ4v) is 5.66. The summed E-state index contributed by atoms with van der Waals surface area (Å²) in [6.45, 7) is 1.90. The molecule has 1 heterocycles. The van der Waals surface area contributed by atoms with Gasteiger partial charge in [0.15, 0.2) is 0 Å². The van der Waals surface area contributed by atoms with E-state index in [0.29, 0.717) is 5.92 Å². The van der Waals surface area contributed by atoms with E-state index in [9.17, 15) is 0 Å². The summed E-state index contributed by atoms with van der Waals surface area (Å²) in [4.78, 5) is 0. The van der Waals surface area contributed by atoms with Crippen LogP contribution in [0.5, 0.6) is 0 Å². The van der Waals surface area contributed by atoms with Crippen molar-refractivity contribution in [1.82, 2.24) is 0 Å². The van der Waals surface area contributed by atoms with E-state index < -0.39 is 0 Å². The largest absolute Gasteiger partial charge is 0.381 e. The van der Waals surface area contributed by atoms with Crippen molar-refractivity contribution in [3.8, 4) is 0 Å². The second-order valence-electron chi connectivity index (χ2n) is 6.74. The number of nitrogens with two attached hydrogens (primary N) is 1. The van der Waals surface area contributed by atoms with Crippen molar-refractivity contribution in [1.29, 1.82) is 0 Å². The maximum Gasteiger partial charge on any atom is 0.0512 e. The maximum absolute atomic E-state index is 6.83. The molecule has 1 saturated heterocycles. The minimum atomic E-state index is 0.159. The van der Waals surface area contributed by atoms with Crippen molar-refractivity contribution in [2.75, 3.05) is 13.2 Å². The van der Waals surface area contributed by atoms with Gasteiger partial charge >= 0.3 is 0 Å². The third-order valence-corrected chi connectivity index (χ3v) is 6.30. The molecule has 2 nitrogen and oxygen atoms in total. The van der Waals surface area contributed by atoms with Gasteiger partial charge in [0.1, 0.15) is 0 Å². The number of hydrogen-bond donors (Lipinski definition) is 1. The first-order chi connectivity index (χ1) is 7.79. The lowest BCUT2D eigenvalue weighted by molar-refractivity contribution is 0.0875. The Morgan fingerprint density at radius 3 is 2.81 bits per heavy atom. The second kappa shape index (κ2) is 3.23. The Bertz CT molecular complexity index is 299. The molecule has 2 N–H and O–H groups in total. The average Bonchev–Trinajstić information content (AvgIpc) is 3.00. The molecule has 6 atom stereocenters. The van der Waals surface area contributed by atoms with Crippen molar-refractivity contribution < 1.29 is 4.74 Å². The molecule has 3 saturated carbocycles. The number of hydrogen-bond acceptors (Lipinski definition) is 2. The number of fused-ring (bicyclic) bond motifs is 5. The zero-order chi connectivity index (χ0) is 10.8. The van der Waals surface area contributed by atoms with E-state index >= 15 is 0 Å². The standard InChI is InChI=1S/C14H23NO/c15-14(10-4-5-16-8-10)7-9-6-13(14)12-3-1-2-11(9)12/h9-13H,1-8,15H2. The highest BCUT2D eigenvalue weighted by Crippen LogP contribution is 2.63. The zero-order valence-electron chi connectivity index (χ0n) is 10.0. The van der Waals surface area contributed by atoms with E-state index in [1.54, 1.807) is 0 Å². The molecule has 16 heavy (non-hydrogen) atoms. The second-order valence-corrected chi connectivity index (χ2v) is 6.74. The minimum absolute atomic E-state index is 0.159. The first kappa shape index (κ1) is 9.90. The smallest absolute Gasteiger partial charge is 0.0512 e. The molecule has 4 fully saturated rings. The summed E-state index contributed by atoms with van der Waals surface area (Å²) in [6, 6.07) is 0. The van der Waals surface area contributed by atoms with Crippen LogP contribution in [-0.2, 0) is 4.74 Å². The van der Waals surface area contributed by atoms with Gasteiger partial charge in [0.25, 0.3) is 0 Å². The fraction of sp³-hybridized carbons (Fsp3) is 1.00. The van der Waals surface area contributed by atoms with Crippen LogP contribution < -0.4 is 5.73 Å². The molecule has 0 aromatic rings. The Morgan fingerprint density at radius 1 is 1.12 bits per heavy atom. The summed E-state index contributed by atoms with van der Waals surface area (Å²) in [5.41, 5.74) is 6.98. The average molecular weight is 221 g/mol. The predicted octanol–water partition coefficient (Wildman–Crippen LogP) is 2.18. The molecule has 4 aliphatic rings. The van der Waals surface area contributed by atoms with Gasteiger partial charge in [0, 0.05) is 18.1 Å². The van der Waals surface area contributed by atoms with E-state index in [-0.39, 0.29) is 5.54 Å².